The lowest BCUT2D eigenvalue weighted by Crippen LogP contribution is -2.19. The Hall–Kier alpha value is -0.670. The van der Waals surface area contributed by atoms with Crippen LogP contribution in [-0.2, 0) is 5.41 Å². The van der Waals surface area contributed by atoms with Gasteiger partial charge in [0.2, 0.25) is 0 Å². The molecule has 102 valence electrons. The third-order valence-electron chi connectivity index (χ3n) is 3.20. The number of rotatable bonds is 5. The molecule has 1 aromatic rings. The fourth-order valence-corrected chi connectivity index (χ4v) is 2.39. The van der Waals surface area contributed by atoms with Gasteiger partial charge in [0.15, 0.2) is 0 Å². The van der Waals surface area contributed by atoms with E-state index in [4.69, 9.17) is 4.74 Å². The highest BCUT2D eigenvalue weighted by Crippen LogP contribution is 2.33. The summed E-state index contributed by atoms with van der Waals surface area (Å²) in [5.41, 5.74) is 2.64. The predicted molar refractivity (Wildman–Crippen MR) is 82.0 cm³/mol. The summed E-state index contributed by atoms with van der Waals surface area (Å²) in [6, 6.07) is 6.82. The number of thiol groups is 1. The Kier molecular flexibility index (Phi) is 5.54. The lowest BCUT2D eigenvalue weighted by molar-refractivity contribution is 0.396. The summed E-state index contributed by atoms with van der Waals surface area (Å²) >= 11 is 4.32. The molecule has 0 spiro atoms. The van der Waals surface area contributed by atoms with E-state index in [1.807, 2.05) is 7.05 Å². The lowest BCUT2D eigenvalue weighted by Gasteiger charge is -2.25. The molecule has 0 saturated heterocycles. The van der Waals surface area contributed by atoms with Gasteiger partial charge in [-0.25, -0.2) is 0 Å². The SMILES string of the molecule is CNC(CCS)c1ccc(OC)c(C(C)(C)C)c1. The van der Waals surface area contributed by atoms with Crippen LogP contribution in [0.1, 0.15) is 44.4 Å². The van der Waals surface area contributed by atoms with Crippen LogP contribution in [-0.4, -0.2) is 19.9 Å². The second-order valence-corrected chi connectivity index (χ2v) is 6.01. The second kappa shape index (κ2) is 6.48. The minimum atomic E-state index is 0.0839. The zero-order chi connectivity index (χ0) is 13.8. The van der Waals surface area contributed by atoms with Gasteiger partial charge in [0.25, 0.3) is 0 Å². The summed E-state index contributed by atoms with van der Waals surface area (Å²) in [7, 11) is 3.72. The van der Waals surface area contributed by atoms with Gasteiger partial charge in [0, 0.05) is 6.04 Å². The summed E-state index contributed by atoms with van der Waals surface area (Å²) in [5.74, 6) is 1.84. The van der Waals surface area contributed by atoms with Gasteiger partial charge in [-0.3, -0.25) is 0 Å². The molecule has 0 amide bonds. The number of ether oxygens (including phenoxy) is 1. The van der Waals surface area contributed by atoms with E-state index >= 15 is 0 Å². The highest BCUT2D eigenvalue weighted by atomic mass is 32.1. The van der Waals surface area contributed by atoms with Crippen LogP contribution in [0, 0.1) is 0 Å². The molecule has 3 heteroatoms. The third kappa shape index (κ3) is 3.66. The Bertz CT molecular complexity index is 385. The van der Waals surface area contributed by atoms with Gasteiger partial charge < -0.3 is 10.1 Å². The second-order valence-electron chi connectivity index (χ2n) is 5.56. The number of hydrogen-bond donors (Lipinski definition) is 2. The number of nitrogens with one attached hydrogen (secondary N) is 1. The van der Waals surface area contributed by atoms with E-state index in [0.717, 1.165) is 17.9 Å². The van der Waals surface area contributed by atoms with Crippen LogP contribution in [0.25, 0.3) is 0 Å². The van der Waals surface area contributed by atoms with Gasteiger partial charge >= 0.3 is 0 Å². The normalized spacial score (nSPS) is 13.4. The van der Waals surface area contributed by atoms with E-state index in [9.17, 15) is 0 Å². The number of methoxy groups -OCH3 is 1. The fraction of sp³-hybridized carbons (Fsp3) is 0.600. The molecule has 0 aliphatic rings. The molecular formula is C15H25NOS. The molecule has 0 aliphatic carbocycles. The van der Waals surface area contributed by atoms with Gasteiger partial charge in [-0.1, -0.05) is 32.9 Å². The molecule has 1 N–H and O–H groups in total. The third-order valence-corrected chi connectivity index (χ3v) is 3.46. The van der Waals surface area contributed by atoms with Crippen LogP contribution in [0.3, 0.4) is 0 Å². The average Bonchev–Trinajstić information content (AvgIpc) is 2.34. The minimum absolute atomic E-state index is 0.0839. The van der Waals surface area contributed by atoms with Gasteiger partial charge in [-0.05, 0) is 41.8 Å². The maximum absolute atomic E-state index is 5.46. The average molecular weight is 267 g/mol. The van der Waals surface area contributed by atoms with Crippen LogP contribution in [0.15, 0.2) is 18.2 Å². The molecule has 0 fully saturated rings. The first kappa shape index (κ1) is 15.4. The van der Waals surface area contributed by atoms with E-state index in [0.29, 0.717) is 6.04 Å². The minimum Gasteiger partial charge on any atom is -0.496 e. The van der Waals surface area contributed by atoms with Crippen molar-refractivity contribution in [3.8, 4) is 5.75 Å². The maximum Gasteiger partial charge on any atom is 0.122 e. The standard InChI is InChI=1S/C15H25NOS/c1-15(2,3)12-10-11(6-7-14(12)17-5)13(16-4)8-9-18/h6-7,10,13,16,18H,8-9H2,1-5H3. The molecule has 0 aliphatic heterocycles. The fourth-order valence-electron chi connectivity index (χ4n) is 2.14. The van der Waals surface area contributed by atoms with Crippen LogP contribution in [0.2, 0.25) is 0 Å². The molecule has 2 nitrogen and oxygen atoms in total. The zero-order valence-corrected chi connectivity index (χ0v) is 13.0. The monoisotopic (exact) mass is 267 g/mol. The molecule has 0 bridgehead atoms. The molecule has 0 saturated carbocycles. The molecule has 1 unspecified atom stereocenters. The van der Waals surface area contributed by atoms with Crippen molar-refractivity contribution in [3.63, 3.8) is 0 Å². The van der Waals surface area contributed by atoms with Gasteiger partial charge in [0.1, 0.15) is 5.75 Å². The van der Waals surface area contributed by atoms with Crippen LogP contribution in [0.4, 0.5) is 0 Å². The first-order chi connectivity index (χ1) is 8.43. The Labute approximate surface area is 117 Å². The predicted octanol–water partition coefficient (Wildman–Crippen LogP) is 3.57. The number of benzene rings is 1. The summed E-state index contributed by atoms with van der Waals surface area (Å²) in [4.78, 5) is 0. The van der Waals surface area contributed by atoms with Crippen LogP contribution >= 0.6 is 12.6 Å². The van der Waals surface area contributed by atoms with E-state index in [1.165, 1.54) is 11.1 Å². The molecular weight excluding hydrogens is 242 g/mol. The topological polar surface area (TPSA) is 21.3 Å². The van der Waals surface area contributed by atoms with E-state index < -0.39 is 0 Å². The first-order valence-corrected chi connectivity index (χ1v) is 7.03. The van der Waals surface area contributed by atoms with Crippen molar-refractivity contribution in [1.82, 2.24) is 5.32 Å². The first-order valence-electron chi connectivity index (χ1n) is 6.40. The van der Waals surface area contributed by atoms with Crippen molar-refractivity contribution in [2.45, 2.75) is 38.6 Å². The Morgan fingerprint density at radius 3 is 2.44 bits per heavy atom. The maximum atomic E-state index is 5.46. The van der Waals surface area contributed by atoms with Gasteiger partial charge in [-0.15, -0.1) is 0 Å². The molecule has 18 heavy (non-hydrogen) atoms. The van der Waals surface area contributed by atoms with Gasteiger partial charge in [0.05, 0.1) is 7.11 Å². The van der Waals surface area contributed by atoms with Crippen molar-refractivity contribution < 1.29 is 4.74 Å². The molecule has 0 radical (unpaired) electrons. The number of hydrogen-bond acceptors (Lipinski definition) is 3. The smallest absolute Gasteiger partial charge is 0.122 e. The highest BCUT2D eigenvalue weighted by molar-refractivity contribution is 7.80. The Morgan fingerprint density at radius 2 is 2.00 bits per heavy atom. The van der Waals surface area contributed by atoms with Crippen LogP contribution in [0.5, 0.6) is 5.75 Å². The molecule has 1 rings (SSSR count). The van der Waals surface area contributed by atoms with Crippen molar-refractivity contribution in [2.24, 2.45) is 0 Å². The van der Waals surface area contributed by atoms with E-state index in [2.05, 4.69) is 56.9 Å². The highest BCUT2D eigenvalue weighted by Gasteiger charge is 2.20. The molecule has 1 atom stereocenters. The van der Waals surface area contributed by atoms with Crippen LogP contribution < -0.4 is 10.1 Å². The van der Waals surface area contributed by atoms with Crippen molar-refractivity contribution in [3.05, 3.63) is 29.3 Å². The zero-order valence-electron chi connectivity index (χ0n) is 12.1. The molecule has 0 aromatic heterocycles. The Balaban J connectivity index is 3.17. The van der Waals surface area contributed by atoms with Crippen molar-refractivity contribution in [2.75, 3.05) is 19.9 Å². The summed E-state index contributed by atoms with van der Waals surface area (Å²) < 4.78 is 5.46. The summed E-state index contributed by atoms with van der Waals surface area (Å²) in [5, 5.41) is 3.35. The van der Waals surface area contributed by atoms with E-state index in [1.54, 1.807) is 7.11 Å². The summed E-state index contributed by atoms with van der Waals surface area (Å²) in [6.07, 6.45) is 1.02. The van der Waals surface area contributed by atoms with Gasteiger partial charge in [-0.2, -0.15) is 12.6 Å². The summed E-state index contributed by atoms with van der Waals surface area (Å²) in [6.45, 7) is 6.63. The van der Waals surface area contributed by atoms with Crippen molar-refractivity contribution >= 4 is 12.6 Å². The quantitative estimate of drug-likeness (QED) is 0.796. The Morgan fingerprint density at radius 1 is 1.33 bits per heavy atom. The van der Waals surface area contributed by atoms with Crippen molar-refractivity contribution in [1.29, 1.82) is 0 Å². The lowest BCUT2D eigenvalue weighted by atomic mass is 9.84. The largest absolute Gasteiger partial charge is 0.496 e. The van der Waals surface area contributed by atoms with E-state index in [-0.39, 0.29) is 5.41 Å². The molecule has 0 heterocycles. The molecule has 1 aromatic carbocycles.